The average molecular weight is 497 g/mol. The minimum atomic E-state index is -4.76. The van der Waals surface area contributed by atoms with Crippen LogP contribution in [0.15, 0.2) is 35.3 Å². The van der Waals surface area contributed by atoms with Crippen LogP contribution in [0.2, 0.25) is 0 Å². The molecule has 35 heavy (non-hydrogen) atoms. The number of nitrogens with one attached hydrogen (secondary N) is 1. The number of hydrogen-bond donors (Lipinski definition) is 2. The van der Waals surface area contributed by atoms with Crippen molar-refractivity contribution in [3.63, 3.8) is 0 Å². The van der Waals surface area contributed by atoms with E-state index in [1.807, 2.05) is 0 Å². The summed E-state index contributed by atoms with van der Waals surface area (Å²) in [7, 11) is 1.08. The van der Waals surface area contributed by atoms with Crippen LogP contribution in [-0.2, 0) is 4.74 Å². The Balaban J connectivity index is 1.91. The molecule has 1 aromatic carbocycles. The van der Waals surface area contributed by atoms with Crippen LogP contribution in [0.5, 0.6) is 5.75 Å². The van der Waals surface area contributed by atoms with Crippen LogP contribution in [0.1, 0.15) is 46.9 Å². The van der Waals surface area contributed by atoms with Gasteiger partial charge >= 0.3 is 6.18 Å². The van der Waals surface area contributed by atoms with Gasteiger partial charge in [-0.2, -0.15) is 17.6 Å². The van der Waals surface area contributed by atoms with Crippen molar-refractivity contribution in [3.8, 4) is 5.75 Å². The van der Waals surface area contributed by atoms with Crippen molar-refractivity contribution in [1.29, 1.82) is 0 Å². The number of fused-ring (bicyclic) bond motifs is 1. The molecule has 0 radical (unpaired) electrons. The first kappa shape index (κ1) is 24.6. The van der Waals surface area contributed by atoms with Crippen molar-refractivity contribution in [3.05, 3.63) is 69.3 Å². The van der Waals surface area contributed by atoms with Gasteiger partial charge in [-0.1, -0.05) is 6.07 Å². The first-order chi connectivity index (χ1) is 16.4. The molecule has 4 rings (SSSR count). The summed E-state index contributed by atoms with van der Waals surface area (Å²) >= 11 is 0. The molecule has 0 aliphatic carbocycles. The molecule has 0 saturated carbocycles. The average Bonchev–Trinajstić information content (AvgIpc) is 2.79. The van der Waals surface area contributed by atoms with Gasteiger partial charge in [0.05, 0.1) is 24.6 Å². The number of alkyl halides is 3. The van der Waals surface area contributed by atoms with E-state index in [1.165, 1.54) is 12.3 Å². The summed E-state index contributed by atoms with van der Waals surface area (Å²) in [6.45, 7) is 0.370. The largest absolute Gasteiger partial charge is 0.493 e. The molecule has 3 atom stereocenters. The molecular formula is C23H20F5N3O4. The van der Waals surface area contributed by atoms with E-state index in [4.69, 9.17) is 15.2 Å². The van der Waals surface area contributed by atoms with Gasteiger partial charge in [0.2, 0.25) is 5.82 Å². The minimum Gasteiger partial charge on any atom is -0.493 e. The predicted octanol–water partition coefficient (Wildman–Crippen LogP) is 3.92. The van der Waals surface area contributed by atoms with Crippen LogP contribution in [-0.4, -0.2) is 41.4 Å². The predicted molar refractivity (Wildman–Crippen MR) is 114 cm³/mol. The molecule has 0 spiro atoms. The van der Waals surface area contributed by atoms with Crippen LogP contribution in [0.25, 0.3) is 10.9 Å². The number of methoxy groups -OCH3 is 1. The SMILES string of the molecule is COc1c([C@@H]2C[C@](C)(C(F)(F)F)OC[C@H]2c2cc(=O)c3c(C(N)=O)nccc3[nH]2)ccc(F)c1F. The lowest BCUT2D eigenvalue weighted by Crippen LogP contribution is -2.51. The van der Waals surface area contributed by atoms with E-state index in [2.05, 4.69) is 9.97 Å². The fraction of sp³-hybridized carbons (Fsp3) is 0.348. The number of rotatable bonds is 4. The highest BCUT2D eigenvalue weighted by molar-refractivity contribution is 6.03. The summed E-state index contributed by atoms with van der Waals surface area (Å²) in [5, 5.41) is -0.0810. The van der Waals surface area contributed by atoms with Gasteiger partial charge in [-0.3, -0.25) is 14.6 Å². The zero-order chi connectivity index (χ0) is 25.7. The standard InChI is InChI=1S/C23H20F5N3O4/c1-22(23(26,27)28)8-11(10-3-4-13(24)18(25)20(10)34-2)12(9-35-22)15-7-16(32)17-14(31-15)5-6-30-19(17)21(29)33/h3-7,11-12H,8-9H2,1-2H3,(H2,29,33)(H,31,32)/t11-,12+,22+/m0/s1. The van der Waals surface area contributed by atoms with Gasteiger partial charge < -0.3 is 20.2 Å². The summed E-state index contributed by atoms with van der Waals surface area (Å²) in [5.74, 6) is -6.03. The fourth-order valence-electron chi connectivity index (χ4n) is 4.49. The number of nitrogens with zero attached hydrogens (tertiary/aromatic N) is 1. The number of hydrogen-bond acceptors (Lipinski definition) is 5. The first-order valence-electron chi connectivity index (χ1n) is 10.4. The maximum atomic E-state index is 14.5. The topological polar surface area (TPSA) is 107 Å². The molecule has 1 amide bonds. The van der Waals surface area contributed by atoms with E-state index < -0.39 is 65.4 Å². The summed E-state index contributed by atoms with van der Waals surface area (Å²) in [4.78, 5) is 31.3. The molecule has 3 heterocycles. The molecule has 3 aromatic rings. The van der Waals surface area contributed by atoms with Gasteiger partial charge in [0, 0.05) is 35.4 Å². The van der Waals surface area contributed by atoms with Crippen LogP contribution < -0.4 is 15.9 Å². The van der Waals surface area contributed by atoms with Gasteiger partial charge in [-0.15, -0.1) is 0 Å². The fourth-order valence-corrected chi connectivity index (χ4v) is 4.49. The van der Waals surface area contributed by atoms with Crippen molar-refractivity contribution >= 4 is 16.8 Å². The highest BCUT2D eigenvalue weighted by atomic mass is 19.4. The quantitative estimate of drug-likeness (QED) is 0.532. The van der Waals surface area contributed by atoms with Crippen LogP contribution in [0, 0.1) is 11.6 Å². The van der Waals surface area contributed by atoms with Crippen molar-refractivity contribution in [1.82, 2.24) is 9.97 Å². The molecule has 1 aliphatic heterocycles. The van der Waals surface area contributed by atoms with E-state index in [9.17, 15) is 31.5 Å². The maximum absolute atomic E-state index is 14.5. The first-order valence-corrected chi connectivity index (χ1v) is 10.4. The number of H-pyrrole nitrogens is 1. The summed E-state index contributed by atoms with van der Waals surface area (Å²) in [5.41, 5.74) is 2.13. The van der Waals surface area contributed by atoms with Crippen LogP contribution in [0.3, 0.4) is 0 Å². The Kier molecular flexibility index (Phi) is 6.04. The number of carbonyl (C=O) groups excluding carboxylic acids is 1. The molecule has 12 heteroatoms. The van der Waals surface area contributed by atoms with E-state index in [0.717, 1.165) is 32.2 Å². The van der Waals surface area contributed by atoms with Gasteiger partial charge in [-0.25, -0.2) is 4.39 Å². The number of ether oxygens (including phenoxy) is 2. The van der Waals surface area contributed by atoms with E-state index in [0.29, 0.717) is 0 Å². The second kappa shape index (κ2) is 8.59. The monoisotopic (exact) mass is 497 g/mol. The number of primary amides is 1. The van der Waals surface area contributed by atoms with Crippen LogP contribution >= 0.6 is 0 Å². The van der Waals surface area contributed by atoms with Gasteiger partial charge in [0.15, 0.2) is 22.6 Å². The molecule has 1 saturated heterocycles. The van der Waals surface area contributed by atoms with E-state index in [-0.39, 0.29) is 27.9 Å². The molecule has 3 N–H and O–H groups in total. The minimum absolute atomic E-state index is 0.0105. The van der Waals surface area contributed by atoms with Gasteiger partial charge in [0.1, 0.15) is 5.69 Å². The third-order valence-corrected chi connectivity index (χ3v) is 6.36. The molecule has 186 valence electrons. The Morgan fingerprint density at radius 2 is 1.97 bits per heavy atom. The zero-order valence-corrected chi connectivity index (χ0v) is 18.5. The summed E-state index contributed by atoms with van der Waals surface area (Å²) in [6.07, 6.45) is -4.18. The number of pyridine rings is 2. The van der Waals surface area contributed by atoms with E-state index in [1.54, 1.807) is 0 Å². The summed E-state index contributed by atoms with van der Waals surface area (Å²) in [6, 6.07) is 4.48. The van der Waals surface area contributed by atoms with Gasteiger partial charge in [0.25, 0.3) is 5.91 Å². The molecule has 7 nitrogen and oxygen atoms in total. The molecular weight excluding hydrogens is 477 g/mol. The highest BCUT2D eigenvalue weighted by Gasteiger charge is 2.57. The number of amides is 1. The Bertz CT molecular complexity index is 1370. The zero-order valence-electron chi connectivity index (χ0n) is 18.5. The summed E-state index contributed by atoms with van der Waals surface area (Å²) < 4.78 is 80.2. The number of nitrogens with two attached hydrogens (primary N) is 1. The number of halogens is 5. The lowest BCUT2D eigenvalue weighted by Gasteiger charge is -2.44. The second-order valence-corrected chi connectivity index (χ2v) is 8.48. The normalized spacial score (nSPS) is 22.8. The Morgan fingerprint density at radius 1 is 1.26 bits per heavy atom. The van der Waals surface area contributed by atoms with Crippen LogP contribution in [0.4, 0.5) is 22.0 Å². The molecule has 2 aromatic heterocycles. The lowest BCUT2D eigenvalue weighted by molar-refractivity contribution is -0.286. The third-order valence-electron chi connectivity index (χ3n) is 6.36. The second-order valence-electron chi connectivity index (χ2n) is 8.48. The van der Waals surface area contributed by atoms with Crippen molar-refractivity contribution in [2.45, 2.75) is 37.0 Å². The third kappa shape index (κ3) is 4.11. The molecule has 0 unspecified atom stereocenters. The Labute approximate surface area is 195 Å². The maximum Gasteiger partial charge on any atom is 0.417 e. The van der Waals surface area contributed by atoms with E-state index >= 15 is 0 Å². The Hall–Kier alpha value is -3.54. The number of benzene rings is 1. The van der Waals surface area contributed by atoms with Crippen molar-refractivity contribution in [2.75, 3.05) is 13.7 Å². The Morgan fingerprint density at radius 3 is 2.60 bits per heavy atom. The number of aromatic nitrogens is 2. The number of aromatic amines is 1. The number of carbonyl (C=O) groups is 1. The van der Waals surface area contributed by atoms with Crippen molar-refractivity contribution in [2.24, 2.45) is 5.73 Å². The molecule has 1 fully saturated rings. The molecule has 0 bridgehead atoms. The lowest BCUT2D eigenvalue weighted by atomic mass is 9.74. The van der Waals surface area contributed by atoms with Crippen molar-refractivity contribution < 1.29 is 36.2 Å². The molecule has 1 aliphatic rings. The smallest absolute Gasteiger partial charge is 0.417 e. The highest BCUT2D eigenvalue weighted by Crippen LogP contribution is 2.51. The van der Waals surface area contributed by atoms with Gasteiger partial charge in [-0.05, 0) is 25.5 Å².